The molecular formula is C15H14F4N2. The van der Waals surface area contributed by atoms with Gasteiger partial charge in [0.05, 0.1) is 11.6 Å². The van der Waals surface area contributed by atoms with E-state index >= 15 is 0 Å². The molecule has 1 aromatic carbocycles. The molecule has 2 aromatic rings. The van der Waals surface area contributed by atoms with Gasteiger partial charge in [0.2, 0.25) is 0 Å². The molecule has 0 saturated carbocycles. The highest BCUT2D eigenvalue weighted by Crippen LogP contribution is 2.36. The Bertz CT molecular complexity index is 596. The van der Waals surface area contributed by atoms with E-state index in [4.69, 9.17) is 0 Å². The molecule has 0 fully saturated rings. The molecular weight excluding hydrogens is 284 g/mol. The first-order valence-electron chi connectivity index (χ1n) is 6.43. The van der Waals surface area contributed by atoms with Gasteiger partial charge >= 0.3 is 6.18 Å². The average Bonchev–Trinajstić information content (AvgIpc) is 2.44. The molecule has 0 radical (unpaired) electrons. The molecule has 1 heterocycles. The fourth-order valence-corrected chi connectivity index (χ4v) is 2.19. The zero-order chi connectivity index (χ0) is 15.5. The quantitative estimate of drug-likeness (QED) is 0.865. The number of hydrogen-bond donors (Lipinski definition) is 1. The average molecular weight is 298 g/mol. The third kappa shape index (κ3) is 3.58. The SMILES string of the molecule is CCNC(c1cccnc1)c1cc(F)ccc1C(F)(F)F. The van der Waals surface area contributed by atoms with E-state index in [-0.39, 0.29) is 5.56 Å². The molecule has 1 atom stereocenters. The largest absolute Gasteiger partial charge is 0.416 e. The summed E-state index contributed by atoms with van der Waals surface area (Å²) in [4.78, 5) is 3.91. The highest BCUT2D eigenvalue weighted by atomic mass is 19.4. The lowest BCUT2D eigenvalue weighted by atomic mass is 9.94. The first-order chi connectivity index (χ1) is 9.93. The van der Waals surface area contributed by atoms with Crippen LogP contribution in [0, 0.1) is 5.82 Å². The van der Waals surface area contributed by atoms with Crippen molar-refractivity contribution < 1.29 is 17.6 Å². The van der Waals surface area contributed by atoms with E-state index in [1.54, 1.807) is 19.1 Å². The van der Waals surface area contributed by atoms with Crippen LogP contribution in [0.5, 0.6) is 0 Å². The van der Waals surface area contributed by atoms with Gasteiger partial charge < -0.3 is 5.32 Å². The highest BCUT2D eigenvalue weighted by Gasteiger charge is 2.35. The van der Waals surface area contributed by atoms with E-state index in [1.807, 2.05) is 0 Å². The Morgan fingerprint density at radius 1 is 1.24 bits per heavy atom. The van der Waals surface area contributed by atoms with E-state index in [9.17, 15) is 17.6 Å². The second kappa shape index (κ2) is 6.22. The lowest BCUT2D eigenvalue weighted by molar-refractivity contribution is -0.138. The van der Waals surface area contributed by atoms with Crippen LogP contribution in [-0.4, -0.2) is 11.5 Å². The van der Waals surface area contributed by atoms with Crippen molar-refractivity contribution in [3.63, 3.8) is 0 Å². The fourth-order valence-electron chi connectivity index (χ4n) is 2.19. The van der Waals surface area contributed by atoms with E-state index in [2.05, 4.69) is 10.3 Å². The maximum absolute atomic E-state index is 13.4. The van der Waals surface area contributed by atoms with Crippen LogP contribution in [0.15, 0.2) is 42.7 Å². The molecule has 1 unspecified atom stereocenters. The van der Waals surface area contributed by atoms with Gasteiger partial charge in [0.1, 0.15) is 5.82 Å². The first kappa shape index (κ1) is 15.4. The molecule has 1 aromatic heterocycles. The van der Waals surface area contributed by atoms with Gasteiger partial charge in [0.25, 0.3) is 0 Å². The van der Waals surface area contributed by atoms with Gasteiger partial charge in [0, 0.05) is 12.4 Å². The van der Waals surface area contributed by atoms with E-state index in [0.717, 1.165) is 18.2 Å². The molecule has 0 bridgehead atoms. The number of hydrogen-bond acceptors (Lipinski definition) is 2. The number of pyridine rings is 1. The summed E-state index contributed by atoms with van der Waals surface area (Å²) in [5.74, 6) is -0.704. The zero-order valence-electron chi connectivity index (χ0n) is 11.3. The molecule has 0 aliphatic carbocycles. The number of alkyl halides is 3. The fraction of sp³-hybridized carbons (Fsp3) is 0.267. The smallest absolute Gasteiger partial charge is 0.306 e. The third-order valence-electron chi connectivity index (χ3n) is 3.06. The molecule has 0 saturated heterocycles. The summed E-state index contributed by atoms with van der Waals surface area (Å²) in [5, 5.41) is 2.95. The lowest BCUT2D eigenvalue weighted by Gasteiger charge is -2.22. The van der Waals surface area contributed by atoms with Crippen molar-refractivity contribution in [2.45, 2.75) is 19.1 Å². The molecule has 0 aliphatic rings. The summed E-state index contributed by atoms with van der Waals surface area (Å²) in [6, 6.07) is 5.03. The second-order valence-electron chi connectivity index (χ2n) is 4.51. The van der Waals surface area contributed by atoms with Crippen molar-refractivity contribution >= 4 is 0 Å². The van der Waals surface area contributed by atoms with Crippen LogP contribution in [-0.2, 0) is 6.18 Å². The standard InChI is InChI=1S/C15H14F4N2/c1-2-21-14(10-4-3-7-20-9-10)12-8-11(16)5-6-13(12)15(17,18)19/h3-9,14,21H,2H2,1H3. The number of nitrogens with one attached hydrogen (secondary N) is 1. The van der Waals surface area contributed by atoms with Crippen molar-refractivity contribution in [2.75, 3.05) is 6.54 Å². The summed E-state index contributed by atoms with van der Waals surface area (Å²) >= 11 is 0. The topological polar surface area (TPSA) is 24.9 Å². The van der Waals surface area contributed by atoms with Gasteiger partial charge in [-0.15, -0.1) is 0 Å². The summed E-state index contributed by atoms with van der Waals surface area (Å²) in [5.41, 5.74) is -0.438. The number of nitrogens with zero attached hydrogens (tertiary/aromatic N) is 1. The van der Waals surface area contributed by atoms with Crippen LogP contribution < -0.4 is 5.32 Å². The Morgan fingerprint density at radius 2 is 2.00 bits per heavy atom. The molecule has 1 N–H and O–H groups in total. The maximum Gasteiger partial charge on any atom is 0.416 e. The van der Waals surface area contributed by atoms with Crippen LogP contribution >= 0.6 is 0 Å². The minimum atomic E-state index is -4.54. The minimum Gasteiger partial charge on any atom is -0.306 e. The normalized spacial score (nSPS) is 13.2. The van der Waals surface area contributed by atoms with Crippen LogP contribution in [0.1, 0.15) is 29.7 Å². The molecule has 0 spiro atoms. The van der Waals surface area contributed by atoms with Crippen LogP contribution in [0.2, 0.25) is 0 Å². The molecule has 6 heteroatoms. The second-order valence-corrected chi connectivity index (χ2v) is 4.51. The molecule has 112 valence electrons. The van der Waals surface area contributed by atoms with Crippen molar-refractivity contribution in [3.8, 4) is 0 Å². The van der Waals surface area contributed by atoms with Gasteiger partial charge in [-0.1, -0.05) is 13.0 Å². The van der Waals surface area contributed by atoms with Crippen molar-refractivity contribution in [2.24, 2.45) is 0 Å². The van der Waals surface area contributed by atoms with Gasteiger partial charge in [-0.3, -0.25) is 4.98 Å². The summed E-state index contributed by atoms with van der Waals surface area (Å²) < 4.78 is 52.8. The van der Waals surface area contributed by atoms with Crippen LogP contribution in [0.3, 0.4) is 0 Å². The number of aromatic nitrogens is 1. The lowest BCUT2D eigenvalue weighted by Crippen LogP contribution is -2.25. The number of halogens is 4. The van der Waals surface area contributed by atoms with Gasteiger partial charge in [-0.2, -0.15) is 13.2 Å². The number of benzene rings is 1. The third-order valence-corrected chi connectivity index (χ3v) is 3.06. The predicted octanol–water partition coefficient (Wildman–Crippen LogP) is 3.94. The Kier molecular flexibility index (Phi) is 4.57. The monoisotopic (exact) mass is 298 g/mol. The molecule has 2 rings (SSSR count). The Balaban J connectivity index is 2.57. The van der Waals surface area contributed by atoms with E-state index in [0.29, 0.717) is 12.1 Å². The van der Waals surface area contributed by atoms with E-state index in [1.165, 1.54) is 12.4 Å². The molecule has 2 nitrogen and oxygen atoms in total. The van der Waals surface area contributed by atoms with Gasteiger partial charge in [-0.25, -0.2) is 4.39 Å². The Labute approximate surface area is 119 Å². The molecule has 0 aliphatic heterocycles. The van der Waals surface area contributed by atoms with Gasteiger partial charge in [-0.05, 0) is 41.9 Å². The molecule has 0 amide bonds. The minimum absolute atomic E-state index is 0.141. The Hall–Kier alpha value is -1.95. The zero-order valence-corrected chi connectivity index (χ0v) is 11.3. The summed E-state index contributed by atoms with van der Waals surface area (Å²) in [7, 11) is 0. The Morgan fingerprint density at radius 3 is 2.57 bits per heavy atom. The van der Waals surface area contributed by atoms with Crippen LogP contribution in [0.4, 0.5) is 17.6 Å². The summed E-state index contributed by atoms with van der Waals surface area (Å²) in [6.45, 7) is 2.21. The maximum atomic E-state index is 13.4. The predicted molar refractivity (Wildman–Crippen MR) is 71.2 cm³/mol. The molecule has 21 heavy (non-hydrogen) atoms. The number of rotatable bonds is 4. The van der Waals surface area contributed by atoms with Crippen molar-refractivity contribution in [3.05, 3.63) is 65.2 Å². The van der Waals surface area contributed by atoms with Crippen molar-refractivity contribution in [1.29, 1.82) is 0 Å². The summed E-state index contributed by atoms with van der Waals surface area (Å²) in [6.07, 6.45) is -1.54. The van der Waals surface area contributed by atoms with E-state index < -0.39 is 23.6 Å². The highest BCUT2D eigenvalue weighted by molar-refractivity contribution is 5.38. The first-order valence-corrected chi connectivity index (χ1v) is 6.43. The van der Waals surface area contributed by atoms with Crippen molar-refractivity contribution in [1.82, 2.24) is 10.3 Å². The van der Waals surface area contributed by atoms with Gasteiger partial charge in [0.15, 0.2) is 0 Å². The van der Waals surface area contributed by atoms with Crippen LogP contribution in [0.25, 0.3) is 0 Å².